The van der Waals surface area contributed by atoms with Crippen molar-refractivity contribution in [2.45, 2.75) is 13.8 Å². The molecule has 4 heteroatoms. The predicted molar refractivity (Wildman–Crippen MR) is 61.0 cm³/mol. The molecule has 0 saturated heterocycles. The van der Waals surface area contributed by atoms with Gasteiger partial charge < -0.3 is 14.8 Å². The normalized spacial score (nSPS) is 10.9. The highest BCUT2D eigenvalue weighted by Crippen LogP contribution is 2.33. The Hall–Kier alpha value is -1.97. The fraction of sp³-hybridized carbons (Fsp3) is 0.250. The van der Waals surface area contributed by atoms with Gasteiger partial charge in [-0.2, -0.15) is 0 Å². The fourth-order valence-corrected chi connectivity index (χ4v) is 2.27. The SMILES string of the molecule is Cc1c(C(=O)O)n(C)c2c(C)ccc(O)c12. The number of aromatic hydroxyl groups is 1. The lowest BCUT2D eigenvalue weighted by molar-refractivity contribution is 0.0686. The van der Waals surface area contributed by atoms with Gasteiger partial charge in [-0.15, -0.1) is 0 Å². The van der Waals surface area contributed by atoms with Gasteiger partial charge in [-0.1, -0.05) is 6.07 Å². The second kappa shape index (κ2) is 3.27. The highest BCUT2D eigenvalue weighted by molar-refractivity contribution is 6.01. The van der Waals surface area contributed by atoms with Crippen molar-refractivity contribution >= 4 is 16.9 Å². The van der Waals surface area contributed by atoms with Crippen LogP contribution in [0.15, 0.2) is 12.1 Å². The Balaban J connectivity index is 3.04. The van der Waals surface area contributed by atoms with Crippen LogP contribution in [0.3, 0.4) is 0 Å². The van der Waals surface area contributed by atoms with Gasteiger partial charge in [-0.05, 0) is 31.0 Å². The molecule has 2 N–H and O–H groups in total. The van der Waals surface area contributed by atoms with Crippen molar-refractivity contribution in [3.8, 4) is 5.75 Å². The molecule has 0 aliphatic heterocycles. The average Bonchev–Trinajstić information content (AvgIpc) is 2.46. The van der Waals surface area contributed by atoms with Crippen LogP contribution in [0.25, 0.3) is 10.9 Å². The number of nitrogens with zero attached hydrogens (tertiary/aromatic N) is 1. The molecule has 16 heavy (non-hydrogen) atoms. The van der Waals surface area contributed by atoms with Gasteiger partial charge in [-0.25, -0.2) is 4.79 Å². The zero-order valence-electron chi connectivity index (χ0n) is 9.40. The van der Waals surface area contributed by atoms with Crippen molar-refractivity contribution in [1.82, 2.24) is 4.57 Å². The van der Waals surface area contributed by atoms with E-state index in [1.807, 2.05) is 6.92 Å². The van der Waals surface area contributed by atoms with Crippen molar-refractivity contribution in [2.24, 2.45) is 7.05 Å². The van der Waals surface area contributed by atoms with E-state index in [4.69, 9.17) is 5.11 Å². The van der Waals surface area contributed by atoms with Crippen LogP contribution >= 0.6 is 0 Å². The standard InChI is InChI=1S/C12H13NO3/c1-6-4-5-8(14)9-7(2)11(12(15)16)13(3)10(6)9/h4-5,14H,1-3H3,(H,15,16). The summed E-state index contributed by atoms with van der Waals surface area (Å²) in [5, 5.41) is 19.5. The monoisotopic (exact) mass is 219 g/mol. The van der Waals surface area contributed by atoms with Crippen molar-refractivity contribution < 1.29 is 15.0 Å². The van der Waals surface area contributed by atoms with Gasteiger partial charge >= 0.3 is 5.97 Å². The summed E-state index contributed by atoms with van der Waals surface area (Å²) in [6.45, 7) is 3.61. The number of fused-ring (bicyclic) bond motifs is 1. The molecular weight excluding hydrogens is 206 g/mol. The molecule has 1 aromatic heterocycles. The molecule has 2 aromatic rings. The van der Waals surface area contributed by atoms with Crippen LogP contribution in [-0.4, -0.2) is 20.7 Å². The molecule has 0 radical (unpaired) electrons. The van der Waals surface area contributed by atoms with E-state index in [9.17, 15) is 9.90 Å². The number of aromatic nitrogens is 1. The lowest BCUT2D eigenvalue weighted by Crippen LogP contribution is -2.05. The Morgan fingerprint density at radius 1 is 1.31 bits per heavy atom. The zero-order valence-corrected chi connectivity index (χ0v) is 9.40. The number of benzene rings is 1. The third kappa shape index (κ3) is 1.19. The summed E-state index contributed by atoms with van der Waals surface area (Å²) in [4.78, 5) is 11.1. The summed E-state index contributed by atoms with van der Waals surface area (Å²) in [6.07, 6.45) is 0. The van der Waals surface area contributed by atoms with Crippen molar-refractivity contribution in [1.29, 1.82) is 0 Å². The van der Waals surface area contributed by atoms with Gasteiger partial charge in [0, 0.05) is 12.4 Å². The summed E-state index contributed by atoms with van der Waals surface area (Å²) in [5.74, 6) is -0.851. The molecule has 0 aliphatic rings. The molecule has 2 rings (SSSR count). The molecule has 0 fully saturated rings. The smallest absolute Gasteiger partial charge is 0.352 e. The summed E-state index contributed by atoms with van der Waals surface area (Å²) < 4.78 is 1.61. The van der Waals surface area contributed by atoms with Crippen molar-refractivity contribution in [3.05, 3.63) is 29.0 Å². The van der Waals surface area contributed by atoms with E-state index in [1.165, 1.54) is 0 Å². The molecule has 84 valence electrons. The van der Waals surface area contributed by atoms with Crippen LogP contribution in [0.5, 0.6) is 5.75 Å². The fourth-order valence-electron chi connectivity index (χ4n) is 2.27. The van der Waals surface area contributed by atoms with Crippen molar-refractivity contribution in [2.75, 3.05) is 0 Å². The molecule has 0 spiro atoms. The number of rotatable bonds is 1. The van der Waals surface area contributed by atoms with E-state index in [0.717, 1.165) is 11.1 Å². The average molecular weight is 219 g/mol. The number of phenols is 1. The van der Waals surface area contributed by atoms with E-state index in [1.54, 1.807) is 30.7 Å². The Labute approximate surface area is 92.7 Å². The second-order valence-corrected chi connectivity index (χ2v) is 3.96. The van der Waals surface area contributed by atoms with E-state index in [0.29, 0.717) is 10.9 Å². The first-order chi connectivity index (χ1) is 7.45. The first-order valence-corrected chi connectivity index (χ1v) is 4.96. The number of aryl methyl sites for hydroxylation is 3. The number of aromatic carboxylic acids is 1. The number of carboxylic acid groups (broad SMARTS) is 1. The summed E-state index contributed by atoms with van der Waals surface area (Å²) in [7, 11) is 1.70. The molecule has 0 aliphatic carbocycles. The van der Waals surface area contributed by atoms with Gasteiger partial charge in [0.1, 0.15) is 11.4 Å². The maximum atomic E-state index is 11.1. The molecular formula is C12H13NO3. The van der Waals surface area contributed by atoms with E-state index in [-0.39, 0.29) is 11.4 Å². The van der Waals surface area contributed by atoms with Crippen LogP contribution in [0.1, 0.15) is 21.6 Å². The third-order valence-electron chi connectivity index (χ3n) is 2.96. The molecule has 0 unspecified atom stereocenters. The van der Waals surface area contributed by atoms with Crippen LogP contribution in [0, 0.1) is 13.8 Å². The van der Waals surface area contributed by atoms with Crippen LogP contribution in [-0.2, 0) is 7.05 Å². The number of carbonyl (C=O) groups is 1. The number of carboxylic acids is 1. The van der Waals surface area contributed by atoms with Crippen LogP contribution < -0.4 is 0 Å². The minimum atomic E-state index is -0.977. The molecule has 0 saturated carbocycles. The minimum Gasteiger partial charge on any atom is -0.507 e. The number of hydrogen-bond acceptors (Lipinski definition) is 2. The van der Waals surface area contributed by atoms with E-state index in [2.05, 4.69) is 0 Å². The topological polar surface area (TPSA) is 62.5 Å². The van der Waals surface area contributed by atoms with Gasteiger partial charge in [0.05, 0.1) is 5.52 Å². The summed E-state index contributed by atoms with van der Waals surface area (Å²) >= 11 is 0. The Morgan fingerprint density at radius 3 is 2.44 bits per heavy atom. The third-order valence-corrected chi connectivity index (χ3v) is 2.96. The number of hydrogen-bond donors (Lipinski definition) is 2. The number of phenolic OH excluding ortho intramolecular Hbond substituents is 1. The second-order valence-electron chi connectivity index (χ2n) is 3.96. The first kappa shape index (κ1) is 10.5. The van der Waals surface area contributed by atoms with Gasteiger partial charge in [0.15, 0.2) is 0 Å². The largest absolute Gasteiger partial charge is 0.507 e. The van der Waals surface area contributed by atoms with E-state index >= 15 is 0 Å². The molecule has 0 amide bonds. The predicted octanol–water partition coefficient (Wildman–Crippen LogP) is 2.20. The molecule has 0 bridgehead atoms. The minimum absolute atomic E-state index is 0.126. The molecule has 1 heterocycles. The van der Waals surface area contributed by atoms with Gasteiger partial charge in [-0.3, -0.25) is 0 Å². The van der Waals surface area contributed by atoms with Crippen molar-refractivity contribution in [3.63, 3.8) is 0 Å². The lowest BCUT2D eigenvalue weighted by atomic mass is 10.1. The summed E-state index contributed by atoms with van der Waals surface area (Å²) in [6, 6.07) is 3.37. The first-order valence-electron chi connectivity index (χ1n) is 4.96. The zero-order chi connectivity index (χ0) is 12.0. The maximum absolute atomic E-state index is 11.1. The Kier molecular flexibility index (Phi) is 2.15. The maximum Gasteiger partial charge on any atom is 0.352 e. The Morgan fingerprint density at radius 2 is 1.94 bits per heavy atom. The molecule has 0 atom stereocenters. The van der Waals surface area contributed by atoms with Gasteiger partial charge in [0.25, 0.3) is 0 Å². The van der Waals surface area contributed by atoms with E-state index < -0.39 is 5.97 Å². The van der Waals surface area contributed by atoms with Gasteiger partial charge in [0.2, 0.25) is 0 Å². The summed E-state index contributed by atoms with van der Waals surface area (Å²) in [5.41, 5.74) is 2.55. The van der Waals surface area contributed by atoms with Crippen LogP contribution in [0.2, 0.25) is 0 Å². The molecule has 4 nitrogen and oxygen atoms in total. The quantitative estimate of drug-likeness (QED) is 0.772. The lowest BCUT2D eigenvalue weighted by Gasteiger charge is -2.03. The highest BCUT2D eigenvalue weighted by atomic mass is 16.4. The van der Waals surface area contributed by atoms with Crippen LogP contribution in [0.4, 0.5) is 0 Å². The Bertz CT molecular complexity index is 551. The molecule has 1 aromatic carbocycles. The highest BCUT2D eigenvalue weighted by Gasteiger charge is 2.20.